The molecule has 0 aromatic rings. The van der Waals surface area contributed by atoms with E-state index in [1.807, 2.05) is 0 Å². The molecule has 2 saturated heterocycles. The van der Waals surface area contributed by atoms with E-state index in [1.165, 1.54) is 12.8 Å². The van der Waals surface area contributed by atoms with Crippen LogP contribution in [0.15, 0.2) is 0 Å². The molecule has 0 aliphatic carbocycles. The van der Waals surface area contributed by atoms with Crippen LogP contribution in [-0.4, -0.2) is 48.0 Å². The number of carbonyl (C=O) groups excluding carboxylic acids is 2. The average Bonchev–Trinajstić information content (AvgIpc) is 2.64. The predicted octanol–water partition coefficient (Wildman–Crippen LogP) is 2.54. The van der Waals surface area contributed by atoms with Crippen LogP contribution in [0.25, 0.3) is 10.6 Å². The molecule has 2 amide bonds. The minimum absolute atomic E-state index is 0. The Bertz CT molecular complexity index is 191. The van der Waals surface area contributed by atoms with Crippen LogP contribution in [-0.2, 0) is 9.59 Å². The van der Waals surface area contributed by atoms with Crippen LogP contribution in [0.2, 0.25) is 0 Å². The van der Waals surface area contributed by atoms with E-state index in [1.54, 1.807) is 0 Å². The van der Waals surface area contributed by atoms with Crippen LogP contribution in [0.4, 0.5) is 0 Å². The molecular weight excluding hydrogens is 228 g/mol. The van der Waals surface area contributed by atoms with Crippen LogP contribution in [0, 0.1) is 0 Å². The SMILES string of the molecule is O=C1CCCCC[N-]1.O=C1CCCCC[N-]1.[Mg+2]. The predicted molar refractivity (Wildman–Crippen MR) is 69.2 cm³/mol. The van der Waals surface area contributed by atoms with E-state index in [-0.39, 0.29) is 34.9 Å². The van der Waals surface area contributed by atoms with Crippen molar-refractivity contribution in [1.29, 1.82) is 0 Å². The van der Waals surface area contributed by atoms with Crippen molar-refractivity contribution in [3.8, 4) is 0 Å². The van der Waals surface area contributed by atoms with Gasteiger partial charge in [0.25, 0.3) is 0 Å². The molecule has 0 atom stereocenters. The van der Waals surface area contributed by atoms with Crippen molar-refractivity contribution in [2.24, 2.45) is 0 Å². The van der Waals surface area contributed by atoms with Crippen LogP contribution in [0.5, 0.6) is 0 Å². The van der Waals surface area contributed by atoms with Gasteiger partial charge < -0.3 is 20.2 Å². The molecule has 2 aliphatic rings. The summed E-state index contributed by atoms with van der Waals surface area (Å²) in [6.07, 6.45) is 8.01. The minimum Gasteiger partial charge on any atom is -0.653 e. The Labute approximate surface area is 119 Å². The van der Waals surface area contributed by atoms with E-state index >= 15 is 0 Å². The van der Waals surface area contributed by atoms with E-state index in [0.717, 1.165) is 38.8 Å². The number of carbonyl (C=O) groups is 2. The molecular formula is C12H20MgN2O2. The second kappa shape index (κ2) is 10.8. The van der Waals surface area contributed by atoms with E-state index in [9.17, 15) is 9.59 Å². The van der Waals surface area contributed by atoms with Gasteiger partial charge >= 0.3 is 23.1 Å². The molecule has 0 aromatic heterocycles. The summed E-state index contributed by atoms with van der Waals surface area (Å²) in [6, 6.07) is 0. The molecule has 92 valence electrons. The number of hydrogen-bond acceptors (Lipinski definition) is 2. The molecule has 2 rings (SSSR count). The quantitative estimate of drug-likeness (QED) is 0.619. The Hall–Kier alpha value is -0.294. The molecule has 0 spiro atoms. The molecule has 0 unspecified atom stereocenters. The fourth-order valence-electron chi connectivity index (χ4n) is 1.70. The van der Waals surface area contributed by atoms with Crippen molar-refractivity contribution in [2.75, 3.05) is 13.1 Å². The van der Waals surface area contributed by atoms with Gasteiger partial charge in [-0.25, -0.2) is 0 Å². The first-order valence-electron chi connectivity index (χ1n) is 6.20. The third kappa shape index (κ3) is 9.41. The van der Waals surface area contributed by atoms with Gasteiger partial charge in [0.1, 0.15) is 0 Å². The normalized spacial score (nSPS) is 20.5. The summed E-state index contributed by atoms with van der Waals surface area (Å²) in [6.45, 7) is 1.53. The number of rotatable bonds is 0. The number of amides is 2. The first kappa shape index (κ1) is 16.7. The first-order valence-corrected chi connectivity index (χ1v) is 6.20. The van der Waals surface area contributed by atoms with Gasteiger partial charge in [-0.3, -0.25) is 0 Å². The number of hydrogen-bond donors (Lipinski definition) is 0. The summed E-state index contributed by atoms with van der Waals surface area (Å²) in [5.41, 5.74) is 0. The van der Waals surface area contributed by atoms with Crippen LogP contribution in [0.1, 0.15) is 51.4 Å². The summed E-state index contributed by atoms with van der Waals surface area (Å²) in [5, 5.41) is 7.57. The Balaban J connectivity index is 0.000000284. The van der Waals surface area contributed by atoms with Gasteiger partial charge in [-0.2, -0.15) is 0 Å². The van der Waals surface area contributed by atoms with E-state index in [2.05, 4.69) is 10.6 Å². The van der Waals surface area contributed by atoms with Gasteiger partial charge in [-0.15, -0.1) is 13.1 Å². The minimum atomic E-state index is 0. The fourth-order valence-corrected chi connectivity index (χ4v) is 1.70. The summed E-state index contributed by atoms with van der Waals surface area (Å²) in [5.74, 6) is 0.199. The molecule has 4 nitrogen and oxygen atoms in total. The van der Waals surface area contributed by atoms with Crippen molar-refractivity contribution < 1.29 is 9.59 Å². The maximum Gasteiger partial charge on any atom is 2.00 e. The maximum atomic E-state index is 10.5. The Kier molecular flexibility index (Phi) is 10.6. The van der Waals surface area contributed by atoms with Gasteiger partial charge in [0, 0.05) is 0 Å². The van der Waals surface area contributed by atoms with E-state index < -0.39 is 0 Å². The van der Waals surface area contributed by atoms with Crippen molar-refractivity contribution >= 4 is 34.9 Å². The van der Waals surface area contributed by atoms with Crippen LogP contribution in [0.3, 0.4) is 0 Å². The zero-order chi connectivity index (χ0) is 11.6. The Morgan fingerprint density at radius 2 is 1.06 bits per heavy atom. The largest absolute Gasteiger partial charge is 2.00 e. The second-order valence-electron chi connectivity index (χ2n) is 4.17. The summed E-state index contributed by atoms with van der Waals surface area (Å²) in [4.78, 5) is 21.0. The summed E-state index contributed by atoms with van der Waals surface area (Å²) >= 11 is 0. The van der Waals surface area contributed by atoms with Crippen molar-refractivity contribution in [3.05, 3.63) is 10.6 Å². The zero-order valence-electron chi connectivity index (χ0n) is 10.5. The van der Waals surface area contributed by atoms with Crippen molar-refractivity contribution in [2.45, 2.75) is 51.4 Å². The molecule has 2 fully saturated rings. The molecule has 5 heteroatoms. The monoisotopic (exact) mass is 248 g/mol. The van der Waals surface area contributed by atoms with E-state index in [4.69, 9.17) is 0 Å². The maximum absolute atomic E-state index is 10.5. The molecule has 0 bridgehead atoms. The van der Waals surface area contributed by atoms with Crippen LogP contribution >= 0.6 is 0 Å². The fraction of sp³-hybridized carbons (Fsp3) is 0.833. The van der Waals surface area contributed by atoms with Gasteiger partial charge in [0.2, 0.25) is 0 Å². The standard InChI is InChI=1S/2C6H11NO.Mg/c2*8-6-4-2-1-3-5-7-6;/h2*1-5H2,(H,7,8);/q;;+2/p-2. The summed E-state index contributed by atoms with van der Waals surface area (Å²) in [7, 11) is 0. The molecule has 0 saturated carbocycles. The van der Waals surface area contributed by atoms with Gasteiger partial charge in [-0.05, 0) is 25.7 Å². The molecule has 2 aliphatic heterocycles. The summed E-state index contributed by atoms with van der Waals surface area (Å²) < 4.78 is 0. The second-order valence-corrected chi connectivity index (χ2v) is 4.17. The van der Waals surface area contributed by atoms with Crippen molar-refractivity contribution in [1.82, 2.24) is 0 Å². The molecule has 0 aromatic carbocycles. The van der Waals surface area contributed by atoms with Crippen molar-refractivity contribution in [3.63, 3.8) is 0 Å². The first-order chi connectivity index (χ1) is 7.79. The Morgan fingerprint density at radius 3 is 1.47 bits per heavy atom. The molecule has 0 N–H and O–H groups in total. The average molecular weight is 249 g/mol. The van der Waals surface area contributed by atoms with Gasteiger partial charge in [-0.1, -0.05) is 25.7 Å². The number of nitrogens with zero attached hydrogens (tertiary/aromatic N) is 2. The zero-order valence-corrected chi connectivity index (χ0v) is 11.9. The topological polar surface area (TPSA) is 62.3 Å². The third-order valence-electron chi connectivity index (χ3n) is 2.67. The molecule has 2 heterocycles. The van der Waals surface area contributed by atoms with Gasteiger partial charge in [0.15, 0.2) is 0 Å². The molecule has 0 radical (unpaired) electrons. The van der Waals surface area contributed by atoms with Gasteiger partial charge in [0.05, 0.1) is 11.8 Å². The molecule has 17 heavy (non-hydrogen) atoms. The Morgan fingerprint density at radius 1 is 0.647 bits per heavy atom. The van der Waals surface area contributed by atoms with E-state index in [0.29, 0.717) is 12.8 Å². The smallest absolute Gasteiger partial charge is 0.653 e. The third-order valence-corrected chi connectivity index (χ3v) is 2.67. The van der Waals surface area contributed by atoms with Crippen LogP contribution < -0.4 is 0 Å².